The molecule has 1 aliphatic rings. The Morgan fingerprint density at radius 2 is 1.88 bits per heavy atom. The number of amides is 3. The average molecular weight is 390 g/mol. The topological polar surface area (TPSA) is 70.2 Å². The molecule has 1 atom stereocenters. The van der Waals surface area contributed by atoms with Gasteiger partial charge < -0.3 is 16.0 Å². The van der Waals surface area contributed by atoms with Crippen molar-refractivity contribution in [2.45, 2.75) is 19.9 Å². The molecule has 2 aromatic rings. The number of anilines is 1. The molecule has 134 valence electrons. The van der Waals surface area contributed by atoms with Crippen LogP contribution in [0.2, 0.25) is 10.0 Å². The standard InChI is InChI=1S/C19H17Cl2N3O2/c1-10-4-3-5-13(8-10)23-18(25)16-11(2)22-19(26)24-17(16)14-7-6-12(20)9-15(14)21/h3-9,17H,1-2H3,(H,23,25)(H2,22,24,26)/t17-/m0/s1. The van der Waals surface area contributed by atoms with Crippen molar-refractivity contribution >= 4 is 40.8 Å². The highest BCUT2D eigenvalue weighted by atomic mass is 35.5. The van der Waals surface area contributed by atoms with Crippen molar-refractivity contribution in [1.82, 2.24) is 10.6 Å². The van der Waals surface area contributed by atoms with Crippen LogP contribution in [0.15, 0.2) is 53.7 Å². The van der Waals surface area contributed by atoms with Gasteiger partial charge in [-0.05, 0) is 49.2 Å². The zero-order valence-electron chi connectivity index (χ0n) is 14.2. The third-order valence-electron chi connectivity index (χ3n) is 4.06. The van der Waals surface area contributed by atoms with Crippen LogP contribution in [-0.4, -0.2) is 11.9 Å². The molecular weight excluding hydrogens is 373 g/mol. The Bertz CT molecular complexity index is 925. The lowest BCUT2D eigenvalue weighted by Crippen LogP contribution is -2.46. The number of allylic oxidation sites excluding steroid dienone is 1. The maximum Gasteiger partial charge on any atom is 0.319 e. The number of carbonyl (C=O) groups is 2. The van der Waals surface area contributed by atoms with Crippen LogP contribution >= 0.6 is 23.2 Å². The number of aryl methyl sites for hydroxylation is 1. The zero-order valence-corrected chi connectivity index (χ0v) is 15.7. The van der Waals surface area contributed by atoms with Crippen LogP contribution in [-0.2, 0) is 4.79 Å². The van der Waals surface area contributed by atoms with Crippen LogP contribution in [0, 0.1) is 6.92 Å². The van der Waals surface area contributed by atoms with E-state index in [1.165, 1.54) is 0 Å². The smallest absolute Gasteiger partial charge is 0.319 e. The molecule has 0 saturated carbocycles. The molecule has 0 bridgehead atoms. The van der Waals surface area contributed by atoms with Crippen molar-refractivity contribution in [3.63, 3.8) is 0 Å². The summed E-state index contributed by atoms with van der Waals surface area (Å²) >= 11 is 12.3. The lowest BCUT2D eigenvalue weighted by Gasteiger charge is -2.29. The van der Waals surface area contributed by atoms with Crippen LogP contribution in [0.1, 0.15) is 24.1 Å². The van der Waals surface area contributed by atoms with Crippen LogP contribution in [0.25, 0.3) is 0 Å². The average Bonchev–Trinajstić information content (AvgIpc) is 2.53. The molecule has 0 radical (unpaired) electrons. The summed E-state index contributed by atoms with van der Waals surface area (Å²) in [6.07, 6.45) is 0. The molecule has 1 heterocycles. The van der Waals surface area contributed by atoms with Gasteiger partial charge in [0.1, 0.15) is 0 Å². The van der Waals surface area contributed by atoms with Crippen LogP contribution in [0.3, 0.4) is 0 Å². The number of benzene rings is 2. The molecule has 0 aromatic heterocycles. The number of hydrogen-bond donors (Lipinski definition) is 3. The van der Waals surface area contributed by atoms with Crippen LogP contribution in [0.5, 0.6) is 0 Å². The Balaban J connectivity index is 1.98. The highest BCUT2D eigenvalue weighted by molar-refractivity contribution is 6.35. The maximum absolute atomic E-state index is 12.9. The summed E-state index contributed by atoms with van der Waals surface area (Å²) in [6, 6.07) is 11.4. The van der Waals surface area contributed by atoms with Crippen molar-refractivity contribution < 1.29 is 9.59 Å². The van der Waals surface area contributed by atoms with Gasteiger partial charge in [-0.1, -0.05) is 41.4 Å². The van der Waals surface area contributed by atoms with Crippen LogP contribution in [0.4, 0.5) is 10.5 Å². The Hall–Kier alpha value is -2.50. The molecule has 0 unspecified atom stereocenters. The Morgan fingerprint density at radius 3 is 2.58 bits per heavy atom. The van der Waals surface area contributed by atoms with Gasteiger partial charge in [-0.25, -0.2) is 4.79 Å². The Morgan fingerprint density at radius 1 is 1.12 bits per heavy atom. The highest BCUT2D eigenvalue weighted by Crippen LogP contribution is 2.33. The molecular formula is C19H17Cl2N3O2. The second kappa shape index (κ2) is 7.40. The summed E-state index contributed by atoms with van der Waals surface area (Å²) in [5.74, 6) is -0.323. The molecule has 0 fully saturated rings. The van der Waals surface area contributed by atoms with Gasteiger partial charge >= 0.3 is 6.03 Å². The fraction of sp³-hybridized carbons (Fsp3) is 0.158. The van der Waals surface area contributed by atoms with Gasteiger partial charge in [-0.3, -0.25) is 4.79 Å². The summed E-state index contributed by atoms with van der Waals surface area (Å²) in [6.45, 7) is 3.62. The second-order valence-electron chi connectivity index (χ2n) is 6.06. The Labute approximate surface area is 161 Å². The van der Waals surface area contributed by atoms with E-state index in [9.17, 15) is 9.59 Å². The number of rotatable bonds is 3. The van der Waals surface area contributed by atoms with Gasteiger partial charge in [0.05, 0.1) is 11.6 Å². The first-order valence-corrected chi connectivity index (χ1v) is 8.72. The molecule has 0 spiro atoms. The summed E-state index contributed by atoms with van der Waals surface area (Å²) in [4.78, 5) is 24.9. The van der Waals surface area contributed by atoms with Gasteiger partial charge in [0.15, 0.2) is 0 Å². The van der Waals surface area contributed by atoms with Gasteiger partial charge in [-0.15, -0.1) is 0 Å². The number of carbonyl (C=O) groups excluding carboxylic acids is 2. The zero-order chi connectivity index (χ0) is 18.8. The van der Waals surface area contributed by atoms with Crippen molar-refractivity contribution in [2.75, 3.05) is 5.32 Å². The van der Waals surface area contributed by atoms with Gasteiger partial charge in [-0.2, -0.15) is 0 Å². The van der Waals surface area contributed by atoms with E-state index in [2.05, 4.69) is 16.0 Å². The molecule has 3 N–H and O–H groups in total. The van der Waals surface area contributed by atoms with Crippen LogP contribution < -0.4 is 16.0 Å². The van der Waals surface area contributed by atoms with E-state index in [0.29, 0.717) is 32.6 Å². The maximum atomic E-state index is 12.9. The van der Waals surface area contributed by atoms with Crippen molar-refractivity contribution in [1.29, 1.82) is 0 Å². The van der Waals surface area contributed by atoms with E-state index >= 15 is 0 Å². The third-order valence-corrected chi connectivity index (χ3v) is 4.63. The number of urea groups is 1. The summed E-state index contributed by atoms with van der Waals surface area (Å²) in [5, 5.41) is 9.11. The molecule has 3 amide bonds. The molecule has 2 aromatic carbocycles. The fourth-order valence-corrected chi connectivity index (χ4v) is 3.40. The predicted octanol–water partition coefficient (Wildman–Crippen LogP) is 4.57. The van der Waals surface area contributed by atoms with Gasteiger partial charge in [0.2, 0.25) is 0 Å². The molecule has 1 aliphatic heterocycles. The fourth-order valence-electron chi connectivity index (χ4n) is 2.88. The normalized spacial score (nSPS) is 16.8. The van der Waals surface area contributed by atoms with E-state index in [1.54, 1.807) is 31.2 Å². The SMILES string of the molecule is CC1=C(C(=O)Nc2cccc(C)c2)[C@H](c2ccc(Cl)cc2Cl)NC(=O)N1. The van der Waals surface area contributed by atoms with E-state index in [-0.39, 0.29) is 5.91 Å². The predicted molar refractivity (Wildman–Crippen MR) is 103 cm³/mol. The number of halogens is 2. The molecule has 3 rings (SSSR count). The van der Waals surface area contributed by atoms with Gasteiger partial charge in [0.25, 0.3) is 5.91 Å². The largest absolute Gasteiger partial charge is 0.327 e. The lowest BCUT2D eigenvalue weighted by atomic mass is 9.94. The van der Waals surface area contributed by atoms with E-state index in [1.807, 2.05) is 25.1 Å². The molecule has 0 saturated heterocycles. The van der Waals surface area contributed by atoms with Gasteiger partial charge in [0, 0.05) is 21.4 Å². The third kappa shape index (κ3) is 3.84. The number of nitrogens with one attached hydrogen (secondary N) is 3. The monoisotopic (exact) mass is 389 g/mol. The first-order valence-electron chi connectivity index (χ1n) is 7.96. The quantitative estimate of drug-likeness (QED) is 0.719. The van der Waals surface area contributed by atoms with Crippen molar-refractivity contribution in [3.8, 4) is 0 Å². The van der Waals surface area contributed by atoms with Crippen molar-refractivity contribution in [3.05, 3.63) is 74.9 Å². The first kappa shape index (κ1) is 18.3. The minimum atomic E-state index is -0.682. The summed E-state index contributed by atoms with van der Waals surface area (Å²) in [7, 11) is 0. The van der Waals surface area contributed by atoms with E-state index in [4.69, 9.17) is 23.2 Å². The minimum absolute atomic E-state index is 0.323. The molecule has 7 heteroatoms. The summed E-state index contributed by atoms with van der Waals surface area (Å²) < 4.78 is 0. The highest BCUT2D eigenvalue weighted by Gasteiger charge is 2.32. The van der Waals surface area contributed by atoms with E-state index < -0.39 is 12.1 Å². The van der Waals surface area contributed by atoms with E-state index in [0.717, 1.165) is 5.56 Å². The first-order chi connectivity index (χ1) is 12.3. The minimum Gasteiger partial charge on any atom is -0.327 e. The number of hydrogen-bond acceptors (Lipinski definition) is 2. The lowest BCUT2D eigenvalue weighted by molar-refractivity contribution is -0.113. The Kier molecular flexibility index (Phi) is 5.20. The second-order valence-corrected chi connectivity index (χ2v) is 6.90. The van der Waals surface area contributed by atoms with Crippen molar-refractivity contribution in [2.24, 2.45) is 0 Å². The summed E-state index contributed by atoms with van der Waals surface area (Å²) in [5.41, 5.74) is 3.15. The molecule has 26 heavy (non-hydrogen) atoms. The molecule has 5 nitrogen and oxygen atoms in total. The molecule has 0 aliphatic carbocycles.